The molecule has 3 N–H and O–H groups in total. The maximum atomic E-state index is 13.4. The molecule has 0 spiro atoms. The summed E-state index contributed by atoms with van der Waals surface area (Å²) < 4.78 is 0. The molecule has 3 amide bonds. The van der Waals surface area contributed by atoms with Crippen molar-refractivity contribution in [2.45, 2.75) is 53.1 Å². The fourth-order valence-corrected chi connectivity index (χ4v) is 3.89. The van der Waals surface area contributed by atoms with Crippen molar-refractivity contribution in [3.63, 3.8) is 0 Å². The molecule has 1 aliphatic carbocycles. The van der Waals surface area contributed by atoms with Crippen LogP contribution in [0.25, 0.3) is 11.1 Å². The van der Waals surface area contributed by atoms with Crippen LogP contribution in [-0.2, 0) is 6.54 Å². The zero-order chi connectivity index (χ0) is 26.6. The fourth-order valence-electron chi connectivity index (χ4n) is 3.89. The van der Waals surface area contributed by atoms with Crippen LogP contribution in [0.5, 0.6) is 0 Å². The van der Waals surface area contributed by atoms with Gasteiger partial charge in [0.2, 0.25) is 0 Å². The van der Waals surface area contributed by atoms with Gasteiger partial charge < -0.3 is 16.0 Å². The van der Waals surface area contributed by atoms with Gasteiger partial charge in [0.1, 0.15) is 0 Å². The number of nitrogens with one attached hydrogen (secondary N) is 3. The zero-order valence-corrected chi connectivity index (χ0v) is 21.9. The molecule has 2 aromatic carbocycles. The molecule has 3 aromatic rings. The molecular weight excluding hydrogens is 464 g/mol. The standard InChI is InChI=1S/C30H34N4O3/c1-19-7-8-22(28(36)34-23-10-11-23)14-25(19)24-12-9-21(27(35)33-18-30(2,3)4)15-26(24)29(37)32-17-20-6-5-13-31-16-20/h5-9,12-16,23H,10-11,17-18H2,1-4H3,(H,32,37)(H,33,35)(H,34,36). The Balaban J connectivity index is 1.68. The van der Waals surface area contributed by atoms with Gasteiger partial charge in [-0.25, -0.2) is 0 Å². The second kappa shape index (κ2) is 10.9. The lowest BCUT2D eigenvalue weighted by Crippen LogP contribution is -2.32. The first kappa shape index (κ1) is 26.1. The molecule has 0 atom stereocenters. The number of hydrogen-bond donors (Lipinski definition) is 3. The Morgan fingerprint density at radius 2 is 1.62 bits per heavy atom. The van der Waals surface area contributed by atoms with E-state index in [0.717, 1.165) is 29.5 Å². The lowest BCUT2D eigenvalue weighted by atomic mass is 9.92. The Labute approximate surface area is 218 Å². The van der Waals surface area contributed by atoms with Crippen molar-refractivity contribution < 1.29 is 14.4 Å². The Hall–Kier alpha value is -4.00. The van der Waals surface area contributed by atoms with Gasteiger partial charge >= 0.3 is 0 Å². The van der Waals surface area contributed by atoms with Crippen molar-refractivity contribution in [3.8, 4) is 11.1 Å². The van der Waals surface area contributed by atoms with E-state index >= 15 is 0 Å². The quantitative estimate of drug-likeness (QED) is 0.421. The number of carbonyl (C=O) groups excluding carboxylic acids is 3. The largest absolute Gasteiger partial charge is 0.352 e. The highest BCUT2D eigenvalue weighted by Crippen LogP contribution is 2.30. The van der Waals surface area contributed by atoms with Gasteiger partial charge in [-0.3, -0.25) is 19.4 Å². The second-order valence-electron chi connectivity index (χ2n) is 10.8. The summed E-state index contributed by atoms with van der Waals surface area (Å²) in [6.45, 7) is 8.89. The van der Waals surface area contributed by atoms with Gasteiger partial charge in [-0.2, -0.15) is 0 Å². The van der Waals surface area contributed by atoms with Gasteiger partial charge in [0, 0.05) is 48.2 Å². The summed E-state index contributed by atoms with van der Waals surface area (Å²) in [5.41, 5.74) is 4.47. The van der Waals surface area contributed by atoms with E-state index in [-0.39, 0.29) is 29.2 Å². The maximum absolute atomic E-state index is 13.4. The number of rotatable bonds is 8. The number of nitrogens with zero attached hydrogens (tertiary/aromatic N) is 1. The summed E-state index contributed by atoms with van der Waals surface area (Å²) in [5, 5.41) is 8.92. The number of carbonyl (C=O) groups is 3. The highest BCUT2D eigenvalue weighted by atomic mass is 16.2. The van der Waals surface area contributed by atoms with Crippen LogP contribution in [0.1, 0.15) is 75.8 Å². The van der Waals surface area contributed by atoms with Crippen LogP contribution in [-0.4, -0.2) is 35.3 Å². The van der Waals surface area contributed by atoms with Crippen LogP contribution in [0.15, 0.2) is 60.9 Å². The van der Waals surface area contributed by atoms with Crippen molar-refractivity contribution in [2.75, 3.05) is 6.54 Å². The van der Waals surface area contributed by atoms with Crippen molar-refractivity contribution in [2.24, 2.45) is 5.41 Å². The van der Waals surface area contributed by atoms with Gasteiger partial charge in [-0.1, -0.05) is 39.0 Å². The van der Waals surface area contributed by atoms with E-state index in [0.29, 0.717) is 35.3 Å². The van der Waals surface area contributed by atoms with Gasteiger partial charge in [-0.05, 0) is 77.8 Å². The number of pyridine rings is 1. The first-order chi connectivity index (χ1) is 17.6. The molecule has 0 bridgehead atoms. The monoisotopic (exact) mass is 498 g/mol. The third-order valence-electron chi connectivity index (χ3n) is 6.18. The number of hydrogen-bond acceptors (Lipinski definition) is 4. The molecule has 1 heterocycles. The minimum atomic E-state index is -0.309. The van der Waals surface area contributed by atoms with Crippen molar-refractivity contribution in [1.29, 1.82) is 0 Å². The van der Waals surface area contributed by atoms with E-state index in [2.05, 4.69) is 20.9 Å². The predicted octanol–water partition coefficient (Wildman–Crippen LogP) is 4.66. The van der Waals surface area contributed by atoms with Gasteiger partial charge in [-0.15, -0.1) is 0 Å². The van der Waals surface area contributed by atoms with E-state index in [9.17, 15) is 14.4 Å². The third kappa shape index (κ3) is 7.03. The Kier molecular flexibility index (Phi) is 7.71. The molecular formula is C30H34N4O3. The first-order valence-corrected chi connectivity index (χ1v) is 12.6. The average Bonchev–Trinajstić information content (AvgIpc) is 3.70. The second-order valence-corrected chi connectivity index (χ2v) is 10.8. The predicted molar refractivity (Wildman–Crippen MR) is 144 cm³/mol. The van der Waals surface area contributed by atoms with Crippen LogP contribution in [0.4, 0.5) is 0 Å². The topological polar surface area (TPSA) is 100 Å². The van der Waals surface area contributed by atoms with E-state index in [1.54, 1.807) is 36.7 Å². The highest BCUT2D eigenvalue weighted by molar-refractivity contribution is 6.05. The minimum absolute atomic E-state index is 0.0713. The Bertz CT molecular complexity index is 1310. The van der Waals surface area contributed by atoms with Gasteiger partial charge in [0.25, 0.3) is 17.7 Å². The molecule has 1 fully saturated rings. The van der Waals surface area contributed by atoms with Crippen LogP contribution in [0.3, 0.4) is 0 Å². The summed E-state index contributed by atoms with van der Waals surface area (Å²) in [4.78, 5) is 43.2. The molecule has 0 unspecified atom stereocenters. The van der Waals surface area contributed by atoms with Crippen molar-refractivity contribution in [3.05, 3.63) is 88.7 Å². The summed E-state index contributed by atoms with van der Waals surface area (Å²) >= 11 is 0. The van der Waals surface area contributed by atoms with E-state index < -0.39 is 0 Å². The van der Waals surface area contributed by atoms with Gasteiger partial charge in [0.05, 0.1) is 0 Å². The normalized spacial score (nSPS) is 13.1. The minimum Gasteiger partial charge on any atom is -0.352 e. The lowest BCUT2D eigenvalue weighted by Gasteiger charge is -2.19. The molecule has 7 heteroatoms. The summed E-state index contributed by atoms with van der Waals surface area (Å²) in [7, 11) is 0. The van der Waals surface area contributed by atoms with Crippen LogP contribution >= 0.6 is 0 Å². The van der Waals surface area contributed by atoms with Crippen molar-refractivity contribution in [1.82, 2.24) is 20.9 Å². The molecule has 0 radical (unpaired) electrons. The Morgan fingerprint density at radius 1 is 0.892 bits per heavy atom. The summed E-state index contributed by atoms with van der Waals surface area (Å²) in [6, 6.07) is 14.6. The molecule has 0 aliphatic heterocycles. The lowest BCUT2D eigenvalue weighted by molar-refractivity contribution is 0.0934. The smallest absolute Gasteiger partial charge is 0.252 e. The average molecular weight is 499 g/mol. The summed E-state index contributed by atoms with van der Waals surface area (Å²) in [5.74, 6) is -0.668. The molecule has 1 aromatic heterocycles. The first-order valence-electron chi connectivity index (χ1n) is 12.6. The maximum Gasteiger partial charge on any atom is 0.252 e. The molecule has 37 heavy (non-hydrogen) atoms. The molecule has 4 rings (SSSR count). The highest BCUT2D eigenvalue weighted by Gasteiger charge is 2.25. The summed E-state index contributed by atoms with van der Waals surface area (Å²) in [6.07, 6.45) is 5.39. The van der Waals surface area contributed by atoms with Gasteiger partial charge in [0.15, 0.2) is 0 Å². The number of aromatic nitrogens is 1. The zero-order valence-electron chi connectivity index (χ0n) is 21.9. The number of aryl methyl sites for hydroxylation is 1. The van der Waals surface area contributed by atoms with Crippen LogP contribution < -0.4 is 16.0 Å². The number of amides is 3. The molecule has 0 saturated heterocycles. The van der Waals surface area contributed by atoms with Crippen LogP contribution in [0, 0.1) is 12.3 Å². The van der Waals surface area contributed by atoms with E-state index in [1.807, 2.05) is 52.0 Å². The SMILES string of the molecule is Cc1ccc(C(=O)NC2CC2)cc1-c1ccc(C(=O)NCC(C)(C)C)cc1C(=O)NCc1cccnc1. The fraction of sp³-hybridized carbons (Fsp3) is 0.333. The molecule has 192 valence electrons. The number of benzene rings is 2. The molecule has 7 nitrogen and oxygen atoms in total. The third-order valence-corrected chi connectivity index (χ3v) is 6.18. The van der Waals surface area contributed by atoms with E-state index in [4.69, 9.17) is 0 Å². The van der Waals surface area contributed by atoms with E-state index in [1.165, 1.54) is 0 Å². The molecule has 1 aliphatic rings. The van der Waals surface area contributed by atoms with Crippen molar-refractivity contribution >= 4 is 17.7 Å². The Morgan fingerprint density at radius 3 is 2.30 bits per heavy atom. The molecule has 1 saturated carbocycles. The van der Waals surface area contributed by atoms with Crippen LogP contribution in [0.2, 0.25) is 0 Å².